The Kier molecular flexibility index (Phi) is 5.94. The smallest absolute Gasteiger partial charge is 0.232 e. The number of benzene rings is 2. The number of hydrogen-bond donors (Lipinski definition) is 0. The summed E-state index contributed by atoms with van der Waals surface area (Å²) in [4.78, 5) is 14.5. The average Bonchev–Trinajstić information content (AvgIpc) is 3.12. The standard InChI is InChI=1S/C26H31FN4/c1-6-31(24-18(3)14-17(2)15-19(24)4)26-28-20(5)23-11-13-30(25(23)29-26)12-10-21-8-7-9-22(27)16-21/h7-9,14-16H,6,10-13H2,1-5H3. The summed E-state index contributed by atoms with van der Waals surface area (Å²) < 4.78 is 13.6. The zero-order valence-electron chi connectivity index (χ0n) is 19.2. The molecule has 3 aromatic rings. The number of fused-ring (bicyclic) bond motifs is 1. The van der Waals surface area contributed by atoms with Crippen LogP contribution in [0.5, 0.6) is 0 Å². The second-order valence-electron chi connectivity index (χ2n) is 8.52. The van der Waals surface area contributed by atoms with Gasteiger partial charge in [-0.25, -0.2) is 9.37 Å². The number of halogens is 1. The van der Waals surface area contributed by atoms with E-state index in [9.17, 15) is 4.39 Å². The summed E-state index contributed by atoms with van der Waals surface area (Å²) >= 11 is 0. The molecule has 0 spiro atoms. The van der Waals surface area contributed by atoms with Crippen LogP contribution in [0.1, 0.15) is 40.4 Å². The Morgan fingerprint density at radius 2 is 1.77 bits per heavy atom. The lowest BCUT2D eigenvalue weighted by Crippen LogP contribution is -2.26. The number of anilines is 3. The number of nitrogens with zero attached hydrogens (tertiary/aromatic N) is 4. The third kappa shape index (κ3) is 4.27. The minimum absolute atomic E-state index is 0.179. The van der Waals surface area contributed by atoms with Crippen molar-refractivity contribution in [2.24, 2.45) is 0 Å². The highest BCUT2D eigenvalue weighted by Gasteiger charge is 2.26. The van der Waals surface area contributed by atoms with Crippen LogP contribution in [0, 0.1) is 33.5 Å². The second-order valence-corrected chi connectivity index (χ2v) is 8.52. The van der Waals surface area contributed by atoms with Crippen molar-refractivity contribution in [3.05, 3.63) is 75.7 Å². The maximum atomic E-state index is 13.6. The van der Waals surface area contributed by atoms with Crippen molar-refractivity contribution >= 4 is 17.5 Å². The average molecular weight is 419 g/mol. The molecule has 1 aliphatic heterocycles. The van der Waals surface area contributed by atoms with Crippen LogP contribution < -0.4 is 9.80 Å². The van der Waals surface area contributed by atoms with E-state index in [1.54, 1.807) is 12.1 Å². The van der Waals surface area contributed by atoms with Crippen molar-refractivity contribution in [3.8, 4) is 0 Å². The lowest BCUT2D eigenvalue weighted by Gasteiger charge is -2.27. The lowest BCUT2D eigenvalue weighted by molar-refractivity contribution is 0.625. The molecule has 0 bridgehead atoms. The van der Waals surface area contributed by atoms with Gasteiger partial charge in [0.25, 0.3) is 0 Å². The van der Waals surface area contributed by atoms with Gasteiger partial charge < -0.3 is 9.80 Å². The topological polar surface area (TPSA) is 32.3 Å². The van der Waals surface area contributed by atoms with Crippen molar-refractivity contribution in [2.45, 2.75) is 47.5 Å². The molecule has 4 rings (SSSR count). The van der Waals surface area contributed by atoms with Crippen molar-refractivity contribution in [3.63, 3.8) is 0 Å². The molecular weight excluding hydrogens is 387 g/mol. The molecule has 2 heterocycles. The van der Waals surface area contributed by atoms with E-state index in [0.29, 0.717) is 0 Å². The van der Waals surface area contributed by atoms with Crippen LogP contribution in [0.25, 0.3) is 0 Å². The van der Waals surface area contributed by atoms with Gasteiger partial charge in [-0.2, -0.15) is 4.98 Å². The predicted octanol–water partition coefficient (Wildman–Crippen LogP) is 5.61. The molecule has 31 heavy (non-hydrogen) atoms. The third-order valence-corrected chi connectivity index (χ3v) is 6.13. The summed E-state index contributed by atoms with van der Waals surface area (Å²) in [6, 6.07) is 11.3. The van der Waals surface area contributed by atoms with E-state index < -0.39 is 0 Å². The molecule has 0 aliphatic carbocycles. The first-order valence-corrected chi connectivity index (χ1v) is 11.1. The molecule has 0 fully saturated rings. The highest BCUT2D eigenvalue weighted by atomic mass is 19.1. The van der Waals surface area contributed by atoms with Gasteiger partial charge in [0.05, 0.1) is 0 Å². The molecule has 2 aromatic carbocycles. The van der Waals surface area contributed by atoms with Gasteiger partial charge in [0.1, 0.15) is 11.6 Å². The van der Waals surface area contributed by atoms with Gasteiger partial charge in [-0.3, -0.25) is 0 Å². The van der Waals surface area contributed by atoms with Gasteiger partial charge in [0, 0.05) is 36.6 Å². The van der Waals surface area contributed by atoms with Crippen molar-refractivity contribution in [1.29, 1.82) is 0 Å². The summed E-state index contributed by atoms with van der Waals surface area (Å²) in [6.07, 6.45) is 1.75. The molecule has 162 valence electrons. The number of hydrogen-bond acceptors (Lipinski definition) is 4. The summed E-state index contributed by atoms with van der Waals surface area (Å²) in [7, 11) is 0. The fourth-order valence-corrected chi connectivity index (χ4v) is 4.77. The molecule has 0 radical (unpaired) electrons. The SMILES string of the molecule is CCN(c1nc(C)c2c(n1)N(CCc1cccc(F)c1)CC2)c1c(C)cc(C)cc1C. The Balaban J connectivity index is 1.65. The van der Waals surface area contributed by atoms with E-state index in [1.165, 1.54) is 34.0 Å². The Morgan fingerprint density at radius 3 is 2.45 bits per heavy atom. The van der Waals surface area contributed by atoms with Crippen LogP contribution in [-0.2, 0) is 12.8 Å². The normalized spacial score (nSPS) is 12.9. The molecule has 0 saturated carbocycles. The third-order valence-electron chi connectivity index (χ3n) is 6.13. The highest BCUT2D eigenvalue weighted by Crippen LogP contribution is 2.35. The molecule has 0 amide bonds. The Bertz CT molecular complexity index is 1090. The Morgan fingerprint density at radius 1 is 1.03 bits per heavy atom. The molecule has 0 saturated heterocycles. The first-order valence-electron chi connectivity index (χ1n) is 11.1. The van der Waals surface area contributed by atoms with Gasteiger partial charge in [0.15, 0.2) is 0 Å². The fourth-order valence-electron chi connectivity index (χ4n) is 4.77. The quantitative estimate of drug-likeness (QED) is 0.521. The molecule has 1 aliphatic rings. The van der Waals surface area contributed by atoms with Gasteiger partial charge >= 0.3 is 0 Å². The van der Waals surface area contributed by atoms with Crippen LogP contribution in [0.3, 0.4) is 0 Å². The van der Waals surface area contributed by atoms with E-state index in [-0.39, 0.29) is 5.82 Å². The van der Waals surface area contributed by atoms with Crippen molar-refractivity contribution in [1.82, 2.24) is 9.97 Å². The highest BCUT2D eigenvalue weighted by molar-refractivity contribution is 5.68. The van der Waals surface area contributed by atoms with E-state index in [4.69, 9.17) is 9.97 Å². The molecular formula is C26H31FN4. The van der Waals surface area contributed by atoms with E-state index in [2.05, 4.69) is 56.6 Å². The van der Waals surface area contributed by atoms with Gasteiger partial charge in [-0.15, -0.1) is 0 Å². The maximum absolute atomic E-state index is 13.6. The van der Waals surface area contributed by atoms with Gasteiger partial charge in [-0.1, -0.05) is 29.8 Å². The van der Waals surface area contributed by atoms with Crippen LogP contribution in [-0.4, -0.2) is 29.6 Å². The molecule has 1 aromatic heterocycles. The predicted molar refractivity (Wildman–Crippen MR) is 126 cm³/mol. The zero-order chi connectivity index (χ0) is 22.1. The molecule has 0 atom stereocenters. The molecule has 0 N–H and O–H groups in total. The first-order chi connectivity index (χ1) is 14.9. The number of aryl methyl sites for hydroxylation is 4. The van der Waals surface area contributed by atoms with E-state index in [0.717, 1.165) is 55.5 Å². The summed E-state index contributed by atoms with van der Waals surface area (Å²) in [6.45, 7) is 13.2. The van der Waals surface area contributed by atoms with Crippen molar-refractivity contribution < 1.29 is 4.39 Å². The monoisotopic (exact) mass is 418 g/mol. The maximum Gasteiger partial charge on any atom is 0.232 e. The second kappa shape index (κ2) is 8.66. The minimum atomic E-state index is -0.179. The van der Waals surface area contributed by atoms with Crippen LogP contribution in [0.4, 0.5) is 21.8 Å². The molecule has 0 unspecified atom stereocenters. The Labute approximate surface area is 184 Å². The van der Waals surface area contributed by atoms with E-state index in [1.807, 2.05) is 6.07 Å². The van der Waals surface area contributed by atoms with Crippen LogP contribution >= 0.6 is 0 Å². The van der Waals surface area contributed by atoms with Gasteiger partial charge in [0.2, 0.25) is 5.95 Å². The largest absolute Gasteiger partial charge is 0.356 e. The van der Waals surface area contributed by atoms with Crippen molar-refractivity contribution in [2.75, 3.05) is 29.4 Å². The minimum Gasteiger partial charge on any atom is -0.356 e. The van der Waals surface area contributed by atoms with E-state index >= 15 is 0 Å². The Hall–Kier alpha value is -2.95. The zero-order valence-corrected chi connectivity index (χ0v) is 19.2. The summed E-state index contributed by atoms with van der Waals surface area (Å²) in [5, 5.41) is 0. The fraction of sp³-hybridized carbons (Fsp3) is 0.385. The van der Waals surface area contributed by atoms with Gasteiger partial charge in [-0.05, 0) is 76.3 Å². The lowest BCUT2D eigenvalue weighted by atomic mass is 10.0. The van der Waals surface area contributed by atoms with Crippen LogP contribution in [0.15, 0.2) is 36.4 Å². The van der Waals surface area contributed by atoms with Crippen LogP contribution in [0.2, 0.25) is 0 Å². The molecule has 5 heteroatoms. The summed E-state index contributed by atoms with van der Waals surface area (Å²) in [5.41, 5.74) is 8.24. The summed E-state index contributed by atoms with van der Waals surface area (Å²) in [5.74, 6) is 1.61. The first kappa shape index (κ1) is 21.3. The number of aromatic nitrogens is 2. The molecule has 4 nitrogen and oxygen atoms in total. The number of rotatable bonds is 6.